The van der Waals surface area contributed by atoms with Crippen molar-refractivity contribution in [1.29, 1.82) is 0 Å². The molecular weight excluding hydrogens is 538 g/mol. The number of benzene rings is 2. The fourth-order valence-electron chi connectivity index (χ4n) is 5.17. The normalized spacial score (nSPS) is 16.8. The summed E-state index contributed by atoms with van der Waals surface area (Å²) in [5.74, 6) is -2.66. The highest BCUT2D eigenvalue weighted by atomic mass is 16.2. The molecule has 222 valence electrons. The Labute approximate surface area is 243 Å². The molecule has 1 aromatic heterocycles. The first-order chi connectivity index (χ1) is 20.1. The minimum atomic E-state index is -0.976. The zero-order valence-corrected chi connectivity index (χ0v) is 23.5. The summed E-state index contributed by atoms with van der Waals surface area (Å²) in [4.78, 5) is 67.9. The molecule has 8 N–H and O–H groups in total. The van der Waals surface area contributed by atoms with Gasteiger partial charge in [0.15, 0.2) is 0 Å². The molecule has 12 heteroatoms. The first kappa shape index (κ1) is 30.3. The maximum absolute atomic E-state index is 13.1. The molecule has 2 heterocycles. The molecule has 3 aromatic rings. The number of likely N-dealkylation sites (tertiary alicyclic amines) is 1. The van der Waals surface area contributed by atoms with Gasteiger partial charge in [0.25, 0.3) is 0 Å². The van der Waals surface area contributed by atoms with E-state index in [0.29, 0.717) is 25.8 Å². The number of hydrogen-bond donors (Lipinski definition) is 6. The van der Waals surface area contributed by atoms with Crippen LogP contribution in [0.15, 0.2) is 60.8 Å². The van der Waals surface area contributed by atoms with Gasteiger partial charge < -0.3 is 37.3 Å². The Morgan fingerprint density at radius 3 is 2.45 bits per heavy atom. The van der Waals surface area contributed by atoms with Crippen molar-refractivity contribution in [1.82, 2.24) is 25.8 Å². The van der Waals surface area contributed by atoms with Crippen molar-refractivity contribution in [3.05, 3.63) is 71.9 Å². The summed E-state index contributed by atoms with van der Waals surface area (Å²) < 4.78 is 0. The molecule has 1 saturated heterocycles. The van der Waals surface area contributed by atoms with Crippen molar-refractivity contribution in [2.45, 2.75) is 56.8 Å². The van der Waals surface area contributed by atoms with Gasteiger partial charge in [0.05, 0.1) is 12.6 Å². The van der Waals surface area contributed by atoms with Crippen LogP contribution in [0, 0.1) is 0 Å². The number of aromatic nitrogens is 1. The van der Waals surface area contributed by atoms with Crippen LogP contribution >= 0.6 is 0 Å². The number of nitrogens with two attached hydrogens (primary N) is 2. The van der Waals surface area contributed by atoms with E-state index in [1.54, 1.807) is 13.1 Å². The molecule has 4 unspecified atom stereocenters. The highest BCUT2D eigenvalue weighted by molar-refractivity contribution is 5.95. The molecule has 5 amide bonds. The lowest BCUT2D eigenvalue weighted by atomic mass is 10.0. The number of nitrogens with one attached hydrogen (secondary N) is 4. The fourth-order valence-corrected chi connectivity index (χ4v) is 5.17. The smallest absolute Gasteiger partial charge is 0.245 e. The lowest BCUT2D eigenvalue weighted by Crippen LogP contribution is -2.55. The molecule has 0 radical (unpaired) electrons. The second-order valence-corrected chi connectivity index (χ2v) is 10.5. The van der Waals surface area contributed by atoms with E-state index in [4.69, 9.17) is 11.5 Å². The lowest BCUT2D eigenvalue weighted by Gasteiger charge is -2.27. The van der Waals surface area contributed by atoms with Gasteiger partial charge in [-0.05, 0) is 43.4 Å². The fraction of sp³-hybridized carbons (Fsp3) is 0.367. The zero-order chi connectivity index (χ0) is 30.2. The second-order valence-electron chi connectivity index (χ2n) is 10.5. The van der Waals surface area contributed by atoms with Crippen LogP contribution in [0.25, 0.3) is 10.9 Å². The van der Waals surface area contributed by atoms with E-state index in [-0.39, 0.29) is 6.42 Å². The molecule has 1 aliphatic heterocycles. The van der Waals surface area contributed by atoms with Crippen LogP contribution < -0.4 is 27.4 Å². The number of fused-ring (bicyclic) bond motifs is 1. The largest absolute Gasteiger partial charge is 0.368 e. The van der Waals surface area contributed by atoms with Crippen molar-refractivity contribution < 1.29 is 24.0 Å². The zero-order valence-electron chi connectivity index (χ0n) is 23.5. The van der Waals surface area contributed by atoms with E-state index in [2.05, 4.69) is 20.9 Å². The van der Waals surface area contributed by atoms with Gasteiger partial charge in [-0.15, -0.1) is 0 Å². The van der Waals surface area contributed by atoms with Crippen molar-refractivity contribution >= 4 is 40.4 Å². The van der Waals surface area contributed by atoms with E-state index in [1.165, 1.54) is 4.90 Å². The molecular formula is C30H37N7O5. The molecule has 12 nitrogen and oxygen atoms in total. The summed E-state index contributed by atoms with van der Waals surface area (Å²) >= 11 is 0. The number of nitrogens with zero attached hydrogens (tertiary/aromatic N) is 1. The second kappa shape index (κ2) is 13.8. The molecule has 0 saturated carbocycles. The maximum atomic E-state index is 13.1. The minimum Gasteiger partial charge on any atom is -0.368 e. The molecule has 4 atom stereocenters. The van der Waals surface area contributed by atoms with E-state index in [1.807, 2.05) is 54.6 Å². The summed E-state index contributed by atoms with van der Waals surface area (Å²) in [6.07, 6.45) is 3.28. The molecule has 0 bridgehead atoms. The molecule has 1 fully saturated rings. The van der Waals surface area contributed by atoms with Gasteiger partial charge in [-0.2, -0.15) is 0 Å². The quantitative estimate of drug-likeness (QED) is 0.174. The number of carbonyl (C=O) groups excluding carboxylic acids is 5. The summed E-state index contributed by atoms with van der Waals surface area (Å²) in [7, 11) is 0. The molecule has 2 aromatic carbocycles. The van der Waals surface area contributed by atoms with Crippen LogP contribution in [0.5, 0.6) is 0 Å². The van der Waals surface area contributed by atoms with Gasteiger partial charge >= 0.3 is 0 Å². The van der Waals surface area contributed by atoms with Crippen LogP contribution in [0.4, 0.5) is 0 Å². The van der Waals surface area contributed by atoms with Gasteiger partial charge in [0.1, 0.15) is 18.1 Å². The number of hydrogen-bond acceptors (Lipinski definition) is 6. The Balaban J connectivity index is 1.27. The van der Waals surface area contributed by atoms with Crippen molar-refractivity contribution in [2.24, 2.45) is 11.5 Å². The molecule has 0 spiro atoms. The van der Waals surface area contributed by atoms with E-state index >= 15 is 0 Å². The average molecular weight is 576 g/mol. The minimum absolute atomic E-state index is 0.183. The third-order valence-corrected chi connectivity index (χ3v) is 7.40. The molecule has 42 heavy (non-hydrogen) atoms. The topological polar surface area (TPSA) is 193 Å². The predicted molar refractivity (Wildman–Crippen MR) is 157 cm³/mol. The van der Waals surface area contributed by atoms with Crippen LogP contribution in [-0.4, -0.2) is 76.7 Å². The Morgan fingerprint density at radius 1 is 1.00 bits per heavy atom. The number of H-pyrrole nitrogens is 1. The predicted octanol–water partition coefficient (Wildman–Crippen LogP) is -0.138. The SMILES string of the molecule is CC(NC(=O)C(N)Cc1ccccc1)C(=O)N1CCCC1C(=O)NCC(=O)NC(Cc1c[nH]c2ccccc12)C(N)=O. The molecule has 0 aliphatic carbocycles. The number of aromatic amines is 1. The highest BCUT2D eigenvalue weighted by Gasteiger charge is 2.36. The Kier molecular flexibility index (Phi) is 9.92. The highest BCUT2D eigenvalue weighted by Crippen LogP contribution is 2.20. The van der Waals surface area contributed by atoms with Crippen molar-refractivity contribution in [3.63, 3.8) is 0 Å². The van der Waals surface area contributed by atoms with Crippen LogP contribution in [0.3, 0.4) is 0 Å². The third kappa shape index (κ3) is 7.52. The van der Waals surface area contributed by atoms with Crippen molar-refractivity contribution in [2.75, 3.05) is 13.1 Å². The average Bonchev–Trinajstić information content (AvgIpc) is 3.63. The van der Waals surface area contributed by atoms with Gasteiger partial charge in [0, 0.05) is 30.1 Å². The lowest BCUT2D eigenvalue weighted by molar-refractivity contribution is -0.141. The van der Waals surface area contributed by atoms with Crippen LogP contribution in [0.2, 0.25) is 0 Å². The van der Waals surface area contributed by atoms with Gasteiger partial charge in [-0.25, -0.2) is 0 Å². The molecule has 1 aliphatic rings. The first-order valence-electron chi connectivity index (χ1n) is 14.0. The van der Waals surface area contributed by atoms with Crippen molar-refractivity contribution in [3.8, 4) is 0 Å². The Bertz CT molecular complexity index is 1440. The van der Waals surface area contributed by atoms with E-state index < -0.39 is 60.2 Å². The maximum Gasteiger partial charge on any atom is 0.245 e. The summed E-state index contributed by atoms with van der Waals surface area (Å²) in [6.45, 7) is 1.50. The Hall–Kier alpha value is -4.71. The van der Waals surface area contributed by atoms with Gasteiger partial charge in [-0.1, -0.05) is 48.5 Å². The van der Waals surface area contributed by atoms with E-state index in [9.17, 15) is 24.0 Å². The number of rotatable bonds is 12. The molecule has 4 rings (SSSR count). The summed E-state index contributed by atoms with van der Waals surface area (Å²) in [6, 6.07) is 13.4. The van der Waals surface area contributed by atoms with Gasteiger partial charge in [0.2, 0.25) is 29.5 Å². The standard InChI is InChI=1S/C30H37N7O5/c1-18(35-28(40)22(31)14-19-8-3-2-4-9-19)30(42)37-13-7-12-25(37)29(41)34-17-26(38)36-24(27(32)39)15-20-16-33-23-11-6-5-10-21(20)23/h2-6,8-11,16,18,22,24-25,33H,7,12-15,17,31H2,1H3,(H2,32,39)(H,34,41)(H,35,40)(H,36,38). The third-order valence-electron chi connectivity index (χ3n) is 7.40. The monoisotopic (exact) mass is 575 g/mol. The number of amides is 5. The summed E-state index contributed by atoms with van der Waals surface area (Å²) in [5.41, 5.74) is 14.2. The number of para-hydroxylation sites is 1. The van der Waals surface area contributed by atoms with Crippen LogP contribution in [0.1, 0.15) is 30.9 Å². The first-order valence-corrected chi connectivity index (χ1v) is 14.0. The Morgan fingerprint density at radius 2 is 1.71 bits per heavy atom. The van der Waals surface area contributed by atoms with Gasteiger partial charge in [-0.3, -0.25) is 24.0 Å². The van der Waals surface area contributed by atoms with E-state index in [0.717, 1.165) is 22.0 Å². The summed E-state index contributed by atoms with van der Waals surface area (Å²) in [5, 5.41) is 8.71. The van der Waals surface area contributed by atoms with Crippen LogP contribution in [-0.2, 0) is 36.8 Å². The number of primary amides is 1. The number of carbonyl (C=O) groups is 5.